The van der Waals surface area contributed by atoms with Crippen molar-refractivity contribution in [3.05, 3.63) is 22.8 Å². The molecule has 17 heavy (non-hydrogen) atoms. The zero-order chi connectivity index (χ0) is 12.8. The zero-order valence-corrected chi connectivity index (χ0v) is 10.4. The minimum atomic E-state index is -0.157. The Bertz CT molecular complexity index is 398. The topological polar surface area (TPSA) is 79.5 Å². The summed E-state index contributed by atoms with van der Waals surface area (Å²) in [5.41, 5.74) is 5.88. The van der Waals surface area contributed by atoms with Gasteiger partial charge in [-0.15, -0.1) is 0 Å². The van der Waals surface area contributed by atoms with Crippen LogP contribution in [0.15, 0.2) is 12.3 Å². The SMILES string of the molecule is CCN(CCCO)C(=O)c1cnc(N)c(Cl)c1. The van der Waals surface area contributed by atoms with Crippen LogP contribution in [0.5, 0.6) is 0 Å². The van der Waals surface area contributed by atoms with Crippen LogP contribution in [0.25, 0.3) is 0 Å². The van der Waals surface area contributed by atoms with E-state index in [4.69, 9.17) is 22.4 Å². The molecular weight excluding hydrogens is 242 g/mol. The van der Waals surface area contributed by atoms with E-state index in [1.54, 1.807) is 4.90 Å². The number of rotatable bonds is 5. The summed E-state index contributed by atoms with van der Waals surface area (Å²) in [6.45, 7) is 3.01. The molecule has 1 rings (SSSR count). The monoisotopic (exact) mass is 257 g/mol. The summed E-state index contributed by atoms with van der Waals surface area (Å²) in [6.07, 6.45) is 1.96. The highest BCUT2D eigenvalue weighted by Crippen LogP contribution is 2.17. The van der Waals surface area contributed by atoms with Crippen molar-refractivity contribution in [2.75, 3.05) is 25.4 Å². The molecule has 0 aromatic carbocycles. The molecule has 0 atom stereocenters. The molecule has 0 bridgehead atoms. The van der Waals surface area contributed by atoms with Crippen molar-refractivity contribution in [1.82, 2.24) is 9.88 Å². The number of aliphatic hydroxyl groups is 1. The molecule has 1 amide bonds. The van der Waals surface area contributed by atoms with Crippen LogP contribution < -0.4 is 5.73 Å². The Hall–Kier alpha value is -1.33. The number of hydrogen-bond acceptors (Lipinski definition) is 4. The fraction of sp³-hybridized carbons (Fsp3) is 0.455. The number of carbonyl (C=O) groups is 1. The molecule has 94 valence electrons. The van der Waals surface area contributed by atoms with E-state index in [0.29, 0.717) is 25.1 Å². The van der Waals surface area contributed by atoms with Crippen molar-refractivity contribution < 1.29 is 9.90 Å². The number of nitrogen functional groups attached to an aromatic ring is 1. The molecule has 0 saturated heterocycles. The summed E-state index contributed by atoms with van der Waals surface area (Å²) in [5.74, 6) is 0.0528. The fourth-order valence-corrected chi connectivity index (χ4v) is 1.58. The van der Waals surface area contributed by atoms with Gasteiger partial charge in [0.15, 0.2) is 0 Å². The number of aliphatic hydroxyl groups excluding tert-OH is 1. The molecule has 0 fully saturated rings. The maximum absolute atomic E-state index is 12.1. The van der Waals surface area contributed by atoms with Gasteiger partial charge in [0, 0.05) is 25.9 Å². The van der Waals surface area contributed by atoms with Crippen LogP contribution in [-0.2, 0) is 0 Å². The Morgan fingerprint density at radius 3 is 2.88 bits per heavy atom. The highest BCUT2D eigenvalue weighted by molar-refractivity contribution is 6.33. The number of pyridine rings is 1. The van der Waals surface area contributed by atoms with Gasteiger partial charge in [0.05, 0.1) is 10.6 Å². The molecule has 1 aromatic rings. The van der Waals surface area contributed by atoms with Gasteiger partial charge in [-0.1, -0.05) is 11.6 Å². The lowest BCUT2D eigenvalue weighted by molar-refractivity contribution is 0.0754. The third-order valence-corrected chi connectivity index (χ3v) is 2.67. The quantitative estimate of drug-likeness (QED) is 0.830. The highest BCUT2D eigenvalue weighted by atomic mass is 35.5. The summed E-state index contributed by atoms with van der Waals surface area (Å²) in [7, 11) is 0. The predicted octanol–water partition coefficient (Wildman–Crippen LogP) is 1.16. The van der Waals surface area contributed by atoms with Crippen LogP contribution in [0.4, 0.5) is 5.82 Å². The van der Waals surface area contributed by atoms with Crippen molar-refractivity contribution in [3.8, 4) is 0 Å². The number of amides is 1. The van der Waals surface area contributed by atoms with Gasteiger partial charge in [0.25, 0.3) is 5.91 Å². The van der Waals surface area contributed by atoms with Gasteiger partial charge < -0.3 is 15.7 Å². The average Bonchev–Trinajstić information content (AvgIpc) is 2.33. The second kappa shape index (κ2) is 6.42. The first kappa shape index (κ1) is 13.7. The summed E-state index contributed by atoms with van der Waals surface area (Å²) < 4.78 is 0. The Kier molecular flexibility index (Phi) is 5.18. The lowest BCUT2D eigenvalue weighted by Crippen LogP contribution is -2.32. The van der Waals surface area contributed by atoms with Gasteiger partial charge in [-0.3, -0.25) is 4.79 Å². The van der Waals surface area contributed by atoms with Crippen molar-refractivity contribution >= 4 is 23.3 Å². The van der Waals surface area contributed by atoms with E-state index < -0.39 is 0 Å². The minimum absolute atomic E-state index is 0.0600. The molecule has 1 heterocycles. The lowest BCUT2D eigenvalue weighted by Gasteiger charge is -2.20. The maximum Gasteiger partial charge on any atom is 0.255 e. The second-order valence-electron chi connectivity index (χ2n) is 3.55. The molecule has 0 aliphatic heterocycles. The first-order valence-corrected chi connectivity index (χ1v) is 5.79. The smallest absolute Gasteiger partial charge is 0.255 e. The predicted molar refractivity (Wildman–Crippen MR) is 66.9 cm³/mol. The molecular formula is C11H16ClN3O2. The second-order valence-corrected chi connectivity index (χ2v) is 3.96. The summed E-state index contributed by atoms with van der Waals surface area (Å²) in [4.78, 5) is 17.5. The van der Waals surface area contributed by atoms with Crippen molar-refractivity contribution in [2.24, 2.45) is 0 Å². The summed E-state index contributed by atoms with van der Waals surface area (Å²) in [6, 6.07) is 1.51. The van der Waals surface area contributed by atoms with Crippen LogP contribution in [0.2, 0.25) is 5.02 Å². The molecule has 0 aliphatic rings. The number of hydrogen-bond donors (Lipinski definition) is 2. The Balaban J connectivity index is 2.82. The molecule has 0 unspecified atom stereocenters. The summed E-state index contributed by atoms with van der Waals surface area (Å²) >= 11 is 5.81. The largest absolute Gasteiger partial charge is 0.396 e. The van der Waals surface area contributed by atoms with Gasteiger partial charge in [0.1, 0.15) is 5.82 Å². The number of nitrogens with zero attached hydrogens (tertiary/aromatic N) is 2. The number of anilines is 1. The molecule has 3 N–H and O–H groups in total. The minimum Gasteiger partial charge on any atom is -0.396 e. The van der Waals surface area contributed by atoms with E-state index in [9.17, 15) is 4.79 Å². The molecule has 6 heteroatoms. The Labute approximate surface area is 105 Å². The fourth-order valence-electron chi connectivity index (χ4n) is 1.41. The van der Waals surface area contributed by atoms with Crippen molar-refractivity contribution in [1.29, 1.82) is 0 Å². The van der Waals surface area contributed by atoms with Crippen LogP contribution >= 0.6 is 11.6 Å². The molecule has 0 aliphatic carbocycles. The van der Waals surface area contributed by atoms with E-state index in [-0.39, 0.29) is 23.4 Å². The highest BCUT2D eigenvalue weighted by Gasteiger charge is 2.15. The summed E-state index contributed by atoms with van der Waals surface area (Å²) in [5, 5.41) is 9.03. The van der Waals surface area contributed by atoms with E-state index in [1.807, 2.05) is 6.92 Å². The molecule has 0 radical (unpaired) electrons. The molecule has 1 aromatic heterocycles. The van der Waals surface area contributed by atoms with Crippen LogP contribution in [-0.4, -0.2) is 40.6 Å². The number of nitrogens with two attached hydrogens (primary N) is 1. The van der Waals surface area contributed by atoms with Gasteiger partial charge in [-0.25, -0.2) is 4.98 Å². The van der Waals surface area contributed by atoms with Crippen molar-refractivity contribution in [3.63, 3.8) is 0 Å². The molecule has 5 nitrogen and oxygen atoms in total. The third kappa shape index (κ3) is 3.57. The van der Waals surface area contributed by atoms with Crippen molar-refractivity contribution in [2.45, 2.75) is 13.3 Å². The number of aromatic nitrogens is 1. The normalized spacial score (nSPS) is 10.3. The standard InChI is InChI=1S/C11H16ClN3O2/c1-2-15(4-3-5-16)11(17)8-6-9(12)10(13)14-7-8/h6-7,16H,2-5H2,1H3,(H2,13,14). The van der Waals surface area contributed by atoms with E-state index in [2.05, 4.69) is 4.98 Å². The van der Waals surface area contributed by atoms with Crippen LogP contribution in [0.3, 0.4) is 0 Å². The average molecular weight is 258 g/mol. The van der Waals surface area contributed by atoms with E-state index >= 15 is 0 Å². The number of halogens is 1. The van der Waals surface area contributed by atoms with Crippen LogP contribution in [0, 0.1) is 0 Å². The Morgan fingerprint density at radius 1 is 1.65 bits per heavy atom. The zero-order valence-electron chi connectivity index (χ0n) is 9.69. The van der Waals surface area contributed by atoms with E-state index in [0.717, 1.165) is 0 Å². The first-order valence-electron chi connectivity index (χ1n) is 5.41. The van der Waals surface area contributed by atoms with E-state index in [1.165, 1.54) is 12.3 Å². The number of carbonyl (C=O) groups excluding carboxylic acids is 1. The third-order valence-electron chi connectivity index (χ3n) is 2.37. The molecule has 0 spiro atoms. The van der Waals surface area contributed by atoms with Gasteiger partial charge >= 0.3 is 0 Å². The molecule has 0 saturated carbocycles. The van der Waals surface area contributed by atoms with Gasteiger partial charge in [0.2, 0.25) is 0 Å². The maximum atomic E-state index is 12.1. The lowest BCUT2D eigenvalue weighted by atomic mass is 10.2. The van der Waals surface area contributed by atoms with Gasteiger partial charge in [-0.05, 0) is 19.4 Å². The van der Waals surface area contributed by atoms with Crippen LogP contribution in [0.1, 0.15) is 23.7 Å². The Morgan fingerprint density at radius 2 is 2.35 bits per heavy atom. The first-order chi connectivity index (χ1) is 8.10. The van der Waals surface area contributed by atoms with Gasteiger partial charge in [-0.2, -0.15) is 0 Å².